The van der Waals surface area contributed by atoms with Crippen molar-refractivity contribution < 1.29 is 4.39 Å². The summed E-state index contributed by atoms with van der Waals surface area (Å²) >= 11 is 1.38. The lowest BCUT2D eigenvalue weighted by Crippen LogP contribution is -2.16. The molecule has 0 radical (unpaired) electrons. The predicted molar refractivity (Wildman–Crippen MR) is 71.8 cm³/mol. The van der Waals surface area contributed by atoms with Gasteiger partial charge in [-0.15, -0.1) is 11.8 Å². The molecule has 1 unspecified atom stereocenters. The summed E-state index contributed by atoms with van der Waals surface area (Å²) in [6, 6.07) is 8.31. The fourth-order valence-corrected chi connectivity index (χ4v) is 2.77. The number of aryl methyl sites for hydroxylation is 1. The Morgan fingerprint density at radius 1 is 1.25 bits per heavy atom. The van der Waals surface area contributed by atoms with Gasteiger partial charge in [-0.3, -0.25) is 0 Å². The number of alkyl halides is 1. The van der Waals surface area contributed by atoms with Crippen molar-refractivity contribution >= 4 is 11.8 Å². The number of rotatable bonds is 6. The molecule has 0 heterocycles. The van der Waals surface area contributed by atoms with Gasteiger partial charge in [-0.1, -0.05) is 44.5 Å². The third kappa shape index (κ3) is 4.56. The molecule has 0 N–H and O–H groups in total. The van der Waals surface area contributed by atoms with Crippen molar-refractivity contribution in [2.45, 2.75) is 45.0 Å². The molecule has 0 aliphatic carbocycles. The standard InChI is InChI=1S/C14H21FS/c1-4-7-12-8-6-9-13(10-12)11-14(3,15)16-5-2/h6,8-10H,4-5,7,11H2,1-3H3. The van der Waals surface area contributed by atoms with Crippen LogP contribution in [-0.2, 0) is 12.8 Å². The lowest BCUT2D eigenvalue weighted by Gasteiger charge is -2.19. The van der Waals surface area contributed by atoms with E-state index < -0.39 is 5.00 Å². The van der Waals surface area contributed by atoms with Crippen molar-refractivity contribution in [1.29, 1.82) is 0 Å². The average Bonchev–Trinajstić information content (AvgIpc) is 2.17. The van der Waals surface area contributed by atoms with Gasteiger partial charge in [-0.05, 0) is 30.2 Å². The molecule has 0 aromatic heterocycles. The summed E-state index contributed by atoms with van der Waals surface area (Å²) < 4.78 is 14.1. The van der Waals surface area contributed by atoms with Crippen molar-refractivity contribution in [1.82, 2.24) is 0 Å². The van der Waals surface area contributed by atoms with Gasteiger partial charge in [0.2, 0.25) is 0 Å². The van der Waals surface area contributed by atoms with E-state index in [1.54, 1.807) is 6.92 Å². The minimum atomic E-state index is -1.14. The van der Waals surface area contributed by atoms with Crippen LogP contribution >= 0.6 is 11.8 Å². The molecule has 1 rings (SSSR count). The van der Waals surface area contributed by atoms with E-state index in [9.17, 15) is 4.39 Å². The Hall–Kier alpha value is -0.500. The molecule has 0 aliphatic rings. The van der Waals surface area contributed by atoms with Crippen LogP contribution in [0, 0.1) is 0 Å². The van der Waals surface area contributed by atoms with E-state index in [1.165, 1.54) is 17.3 Å². The van der Waals surface area contributed by atoms with Crippen molar-refractivity contribution in [3.05, 3.63) is 35.4 Å². The van der Waals surface area contributed by atoms with E-state index in [1.807, 2.05) is 19.1 Å². The Labute approximate surface area is 103 Å². The maximum atomic E-state index is 14.1. The van der Waals surface area contributed by atoms with Gasteiger partial charge in [-0.2, -0.15) is 0 Å². The van der Waals surface area contributed by atoms with Gasteiger partial charge in [0.25, 0.3) is 0 Å². The summed E-state index contributed by atoms with van der Waals surface area (Å²) in [5.74, 6) is 0.821. The lowest BCUT2D eigenvalue weighted by molar-refractivity contribution is 0.315. The van der Waals surface area contributed by atoms with E-state index in [-0.39, 0.29) is 0 Å². The molecule has 90 valence electrons. The second-order valence-corrected chi connectivity index (χ2v) is 6.00. The van der Waals surface area contributed by atoms with Gasteiger partial charge >= 0.3 is 0 Å². The third-order valence-electron chi connectivity index (χ3n) is 2.50. The third-order valence-corrected chi connectivity index (χ3v) is 3.53. The summed E-state index contributed by atoms with van der Waals surface area (Å²) in [5, 5.41) is -1.14. The van der Waals surface area contributed by atoms with Crippen LogP contribution in [-0.4, -0.2) is 10.8 Å². The predicted octanol–water partition coefficient (Wildman–Crippen LogP) is 4.62. The second-order valence-electron chi connectivity index (χ2n) is 4.28. The zero-order chi connectivity index (χ0) is 12.0. The minimum absolute atomic E-state index is 0.503. The lowest BCUT2D eigenvalue weighted by atomic mass is 10.0. The van der Waals surface area contributed by atoms with Gasteiger partial charge in [-0.25, -0.2) is 4.39 Å². The Morgan fingerprint density at radius 2 is 1.94 bits per heavy atom. The fraction of sp³-hybridized carbons (Fsp3) is 0.571. The van der Waals surface area contributed by atoms with Crippen LogP contribution in [0.3, 0.4) is 0 Å². The molecule has 0 spiro atoms. The van der Waals surface area contributed by atoms with Crippen LogP contribution in [0.4, 0.5) is 4.39 Å². The van der Waals surface area contributed by atoms with Crippen molar-refractivity contribution in [2.24, 2.45) is 0 Å². The minimum Gasteiger partial charge on any atom is -0.232 e. The van der Waals surface area contributed by atoms with Crippen LogP contribution < -0.4 is 0 Å². The smallest absolute Gasteiger partial charge is 0.157 e. The summed E-state index contributed by atoms with van der Waals surface area (Å²) in [5.41, 5.74) is 2.43. The van der Waals surface area contributed by atoms with E-state index in [0.29, 0.717) is 6.42 Å². The second kappa shape index (κ2) is 6.29. The Bertz CT molecular complexity index is 320. The highest BCUT2D eigenvalue weighted by Gasteiger charge is 2.23. The quantitative estimate of drug-likeness (QED) is 0.699. The molecule has 0 nitrogen and oxygen atoms in total. The highest BCUT2D eigenvalue weighted by molar-refractivity contribution is 8.00. The van der Waals surface area contributed by atoms with Crippen LogP contribution in [0.5, 0.6) is 0 Å². The summed E-state index contributed by atoms with van der Waals surface area (Å²) in [6.07, 6.45) is 2.72. The summed E-state index contributed by atoms with van der Waals surface area (Å²) in [6.45, 7) is 5.84. The number of hydrogen-bond acceptors (Lipinski definition) is 1. The molecule has 0 bridgehead atoms. The summed E-state index contributed by atoms with van der Waals surface area (Å²) in [4.78, 5) is 0. The van der Waals surface area contributed by atoms with Gasteiger partial charge in [0.15, 0.2) is 5.00 Å². The van der Waals surface area contributed by atoms with Gasteiger partial charge in [0.1, 0.15) is 0 Å². The zero-order valence-corrected chi connectivity index (χ0v) is 11.2. The van der Waals surface area contributed by atoms with Gasteiger partial charge < -0.3 is 0 Å². The number of benzene rings is 1. The molecular weight excluding hydrogens is 219 g/mol. The van der Waals surface area contributed by atoms with E-state index in [4.69, 9.17) is 0 Å². The molecule has 1 aromatic rings. The normalized spacial score (nSPS) is 14.8. The van der Waals surface area contributed by atoms with Crippen molar-refractivity contribution in [3.63, 3.8) is 0 Å². The van der Waals surface area contributed by atoms with Crippen LogP contribution in [0.25, 0.3) is 0 Å². The first-order chi connectivity index (χ1) is 7.57. The van der Waals surface area contributed by atoms with Gasteiger partial charge in [0.05, 0.1) is 0 Å². The largest absolute Gasteiger partial charge is 0.232 e. The number of halogens is 1. The molecule has 0 aliphatic heterocycles. The first kappa shape index (κ1) is 13.6. The monoisotopic (exact) mass is 240 g/mol. The Balaban J connectivity index is 2.69. The van der Waals surface area contributed by atoms with Crippen LogP contribution in [0.1, 0.15) is 38.3 Å². The number of thioether (sulfide) groups is 1. The highest BCUT2D eigenvalue weighted by Crippen LogP contribution is 2.30. The van der Waals surface area contributed by atoms with Crippen LogP contribution in [0.15, 0.2) is 24.3 Å². The molecule has 1 atom stereocenters. The fourth-order valence-electron chi connectivity index (χ4n) is 1.90. The maximum Gasteiger partial charge on any atom is 0.157 e. The maximum absolute atomic E-state index is 14.1. The Kier molecular flexibility index (Phi) is 5.33. The average molecular weight is 240 g/mol. The molecule has 1 aromatic carbocycles. The summed E-state index contributed by atoms with van der Waals surface area (Å²) in [7, 11) is 0. The van der Waals surface area contributed by atoms with E-state index in [0.717, 1.165) is 24.2 Å². The SMILES string of the molecule is CCCc1cccc(CC(C)(F)SCC)c1. The molecule has 0 amide bonds. The molecule has 2 heteroatoms. The molecule has 16 heavy (non-hydrogen) atoms. The first-order valence-electron chi connectivity index (χ1n) is 5.98. The van der Waals surface area contributed by atoms with Gasteiger partial charge in [0, 0.05) is 6.42 Å². The molecule has 0 fully saturated rings. The van der Waals surface area contributed by atoms with Crippen LogP contribution in [0.2, 0.25) is 0 Å². The zero-order valence-electron chi connectivity index (χ0n) is 10.4. The highest BCUT2D eigenvalue weighted by atomic mass is 32.2. The molecular formula is C14H21FS. The molecule has 0 saturated carbocycles. The number of hydrogen-bond donors (Lipinski definition) is 0. The topological polar surface area (TPSA) is 0 Å². The molecule has 0 saturated heterocycles. The van der Waals surface area contributed by atoms with E-state index >= 15 is 0 Å². The van der Waals surface area contributed by atoms with Crippen molar-refractivity contribution in [3.8, 4) is 0 Å². The Morgan fingerprint density at radius 3 is 2.56 bits per heavy atom. The van der Waals surface area contributed by atoms with E-state index in [2.05, 4.69) is 19.1 Å². The first-order valence-corrected chi connectivity index (χ1v) is 6.96. The van der Waals surface area contributed by atoms with Crippen molar-refractivity contribution in [2.75, 3.05) is 5.75 Å².